The van der Waals surface area contributed by atoms with Gasteiger partial charge in [0.25, 0.3) is 5.91 Å². The van der Waals surface area contributed by atoms with Gasteiger partial charge in [-0.2, -0.15) is 0 Å². The van der Waals surface area contributed by atoms with E-state index in [4.69, 9.17) is 33.0 Å². The highest BCUT2D eigenvalue weighted by Gasteiger charge is 2.08. The fourth-order valence-corrected chi connectivity index (χ4v) is 2.13. The first-order valence-corrected chi connectivity index (χ1v) is 6.76. The molecular weight excluding hydrogens is 315 g/mol. The van der Waals surface area contributed by atoms with E-state index in [0.29, 0.717) is 27.0 Å². The molecule has 1 heterocycles. The van der Waals surface area contributed by atoms with Gasteiger partial charge in [0.15, 0.2) is 6.61 Å². The molecule has 110 valence electrons. The van der Waals surface area contributed by atoms with Gasteiger partial charge in [-0.25, -0.2) is 0 Å². The van der Waals surface area contributed by atoms with Crippen molar-refractivity contribution in [2.75, 3.05) is 11.9 Å². The maximum Gasteiger partial charge on any atom is 0.262 e. The predicted molar refractivity (Wildman–Crippen MR) is 80.7 cm³/mol. The van der Waals surface area contributed by atoms with Gasteiger partial charge < -0.3 is 15.2 Å². The van der Waals surface area contributed by atoms with Crippen molar-refractivity contribution in [3.63, 3.8) is 0 Å². The molecule has 0 aliphatic rings. The van der Waals surface area contributed by atoms with Crippen molar-refractivity contribution in [3.05, 3.63) is 52.3 Å². The van der Waals surface area contributed by atoms with Gasteiger partial charge in [0.1, 0.15) is 5.75 Å². The molecule has 2 rings (SSSR count). The van der Waals surface area contributed by atoms with Gasteiger partial charge in [-0.15, -0.1) is 0 Å². The molecule has 0 bridgehead atoms. The van der Waals surface area contributed by atoms with Crippen LogP contribution in [0.3, 0.4) is 0 Å². The zero-order valence-electron chi connectivity index (χ0n) is 10.8. The van der Waals surface area contributed by atoms with Gasteiger partial charge in [-0.3, -0.25) is 9.78 Å². The summed E-state index contributed by atoms with van der Waals surface area (Å²) in [5.41, 5.74) is 1.02. The van der Waals surface area contributed by atoms with Gasteiger partial charge in [-0.1, -0.05) is 23.2 Å². The third-order valence-electron chi connectivity index (χ3n) is 2.56. The number of carbonyl (C=O) groups excluding carboxylic acids is 1. The number of aliphatic hydroxyl groups excluding tert-OH is 1. The maximum absolute atomic E-state index is 11.8. The zero-order chi connectivity index (χ0) is 15.2. The highest BCUT2D eigenvalue weighted by Crippen LogP contribution is 2.24. The van der Waals surface area contributed by atoms with E-state index in [1.165, 1.54) is 12.4 Å². The molecule has 7 heteroatoms. The minimum atomic E-state index is -0.381. The molecule has 0 aliphatic carbocycles. The molecule has 0 aliphatic heterocycles. The fourth-order valence-electron chi connectivity index (χ4n) is 1.62. The van der Waals surface area contributed by atoms with Crippen LogP contribution in [-0.2, 0) is 11.4 Å². The molecule has 0 saturated heterocycles. The fraction of sp³-hybridized carbons (Fsp3) is 0.143. The lowest BCUT2D eigenvalue weighted by molar-refractivity contribution is -0.118. The Kier molecular flexibility index (Phi) is 5.38. The Morgan fingerprint density at radius 3 is 2.67 bits per heavy atom. The summed E-state index contributed by atoms with van der Waals surface area (Å²) in [5, 5.41) is 12.6. The van der Waals surface area contributed by atoms with E-state index in [0.717, 1.165) is 0 Å². The number of anilines is 1. The van der Waals surface area contributed by atoms with E-state index in [-0.39, 0.29) is 19.1 Å². The molecule has 0 atom stereocenters. The van der Waals surface area contributed by atoms with E-state index < -0.39 is 0 Å². The first kappa shape index (κ1) is 15.6. The standard InChI is InChI=1S/C14H12Cl2N2O3/c15-10-3-11(16)5-12(4-10)21-8-14(20)18-13-6-17-2-1-9(13)7-19/h1-6,19H,7-8H2,(H,18,20). The lowest BCUT2D eigenvalue weighted by Crippen LogP contribution is -2.21. The number of ether oxygens (including phenoxy) is 1. The average Bonchev–Trinajstić information content (AvgIpc) is 2.45. The topological polar surface area (TPSA) is 71.5 Å². The summed E-state index contributed by atoms with van der Waals surface area (Å²) in [6, 6.07) is 6.31. The third kappa shape index (κ3) is 4.60. The van der Waals surface area contributed by atoms with Crippen molar-refractivity contribution < 1.29 is 14.6 Å². The van der Waals surface area contributed by atoms with Crippen molar-refractivity contribution in [3.8, 4) is 5.75 Å². The number of hydrogen-bond acceptors (Lipinski definition) is 4. The quantitative estimate of drug-likeness (QED) is 0.886. The Morgan fingerprint density at radius 2 is 2.00 bits per heavy atom. The summed E-state index contributed by atoms with van der Waals surface area (Å²) >= 11 is 11.7. The van der Waals surface area contributed by atoms with Crippen LogP contribution in [0.4, 0.5) is 5.69 Å². The molecule has 5 nitrogen and oxygen atoms in total. The Balaban J connectivity index is 1.96. The second-order valence-electron chi connectivity index (χ2n) is 4.13. The van der Waals surface area contributed by atoms with Crippen LogP contribution < -0.4 is 10.1 Å². The monoisotopic (exact) mass is 326 g/mol. The molecule has 1 amide bonds. The van der Waals surface area contributed by atoms with E-state index in [1.807, 2.05) is 0 Å². The van der Waals surface area contributed by atoms with Gasteiger partial charge in [0.2, 0.25) is 0 Å². The smallest absolute Gasteiger partial charge is 0.262 e. The summed E-state index contributed by atoms with van der Waals surface area (Å²) in [7, 11) is 0. The minimum absolute atomic E-state index is 0.192. The number of carbonyl (C=O) groups is 1. The van der Waals surface area contributed by atoms with E-state index in [2.05, 4.69) is 10.3 Å². The van der Waals surface area contributed by atoms with Gasteiger partial charge in [-0.05, 0) is 24.3 Å². The molecule has 2 aromatic rings. The molecule has 0 radical (unpaired) electrons. The van der Waals surface area contributed by atoms with Crippen LogP contribution >= 0.6 is 23.2 Å². The molecule has 0 saturated carbocycles. The van der Waals surface area contributed by atoms with Crippen LogP contribution in [0.25, 0.3) is 0 Å². The largest absolute Gasteiger partial charge is 0.484 e. The molecular formula is C14H12Cl2N2O3. The van der Waals surface area contributed by atoms with Gasteiger partial charge in [0.05, 0.1) is 18.5 Å². The number of aromatic nitrogens is 1. The molecule has 21 heavy (non-hydrogen) atoms. The number of amides is 1. The van der Waals surface area contributed by atoms with E-state index in [1.54, 1.807) is 24.3 Å². The molecule has 0 unspecified atom stereocenters. The lowest BCUT2D eigenvalue weighted by atomic mass is 10.2. The van der Waals surface area contributed by atoms with Crippen LogP contribution in [0, 0.1) is 0 Å². The predicted octanol–water partition coefficient (Wildman–Crippen LogP) is 2.90. The number of nitrogens with one attached hydrogen (secondary N) is 1. The minimum Gasteiger partial charge on any atom is -0.484 e. The normalized spacial score (nSPS) is 10.2. The lowest BCUT2D eigenvalue weighted by Gasteiger charge is -2.10. The second-order valence-corrected chi connectivity index (χ2v) is 5.01. The van der Waals surface area contributed by atoms with E-state index >= 15 is 0 Å². The van der Waals surface area contributed by atoms with Crippen LogP contribution in [0.2, 0.25) is 10.0 Å². The second kappa shape index (κ2) is 7.26. The summed E-state index contributed by atoms with van der Waals surface area (Å²) in [5.74, 6) is 0.0185. The molecule has 1 aromatic carbocycles. The number of rotatable bonds is 5. The molecule has 2 N–H and O–H groups in total. The average molecular weight is 327 g/mol. The molecule has 0 spiro atoms. The first-order chi connectivity index (χ1) is 10.1. The van der Waals surface area contributed by atoms with Crippen molar-refractivity contribution in [1.82, 2.24) is 4.98 Å². The van der Waals surface area contributed by atoms with E-state index in [9.17, 15) is 4.79 Å². The number of pyridine rings is 1. The Hall–Kier alpha value is -1.82. The summed E-state index contributed by atoms with van der Waals surface area (Å²) in [6.45, 7) is -0.403. The number of aliphatic hydroxyl groups is 1. The van der Waals surface area contributed by atoms with Gasteiger partial charge in [0, 0.05) is 21.8 Å². The molecule has 1 aromatic heterocycles. The summed E-state index contributed by atoms with van der Waals surface area (Å²) < 4.78 is 5.31. The van der Waals surface area contributed by atoms with Crippen LogP contribution in [0.1, 0.15) is 5.56 Å². The Labute approximate surface area is 131 Å². The molecule has 0 fully saturated rings. The third-order valence-corrected chi connectivity index (χ3v) is 3.00. The van der Waals surface area contributed by atoms with Gasteiger partial charge >= 0.3 is 0 Å². The maximum atomic E-state index is 11.8. The van der Waals surface area contributed by atoms with Crippen molar-refractivity contribution >= 4 is 34.8 Å². The SMILES string of the molecule is O=C(COc1cc(Cl)cc(Cl)c1)Nc1cnccc1CO. The Bertz CT molecular complexity index is 630. The number of hydrogen-bond donors (Lipinski definition) is 2. The first-order valence-electron chi connectivity index (χ1n) is 6.01. The van der Waals surface area contributed by atoms with Crippen LogP contribution in [0.15, 0.2) is 36.7 Å². The summed E-state index contributed by atoms with van der Waals surface area (Å²) in [4.78, 5) is 15.7. The number of nitrogens with zero attached hydrogens (tertiary/aromatic N) is 1. The van der Waals surface area contributed by atoms with Crippen LogP contribution in [0.5, 0.6) is 5.75 Å². The van der Waals surface area contributed by atoms with Crippen molar-refractivity contribution in [1.29, 1.82) is 0 Å². The summed E-state index contributed by atoms with van der Waals surface area (Å²) in [6.07, 6.45) is 2.99. The highest BCUT2D eigenvalue weighted by molar-refractivity contribution is 6.34. The highest BCUT2D eigenvalue weighted by atomic mass is 35.5. The zero-order valence-corrected chi connectivity index (χ0v) is 12.4. The van der Waals surface area contributed by atoms with Crippen LogP contribution in [-0.4, -0.2) is 22.6 Å². The van der Waals surface area contributed by atoms with Crippen molar-refractivity contribution in [2.45, 2.75) is 6.61 Å². The number of halogens is 2. The van der Waals surface area contributed by atoms with Crippen molar-refractivity contribution in [2.24, 2.45) is 0 Å². The Morgan fingerprint density at radius 1 is 1.29 bits per heavy atom. The number of benzene rings is 1.